The molecule has 2 atom stereocenters. The highest BCUT2D eigenvalue weighted by molar-refractivity contribution is 7.98. The van der Waals surface area contributed by atoms with E-state index in [2.05, 4.69) is 20.2 Å². The van der Waals surface area contributed by atoms with Gasteiger partial charge in [0.25, 0.3) is 0 Å². The van der Waals surface area contributed by atoms with Crippen LogP contribution in [0.2, 0.25) is 0 Å². The fourth-order valence-electron chi connectivity index (χ4n) is 4.28. The zero-order chi connectivity index (χ0) is 22.2. The van der Waals surface area contributed by atoms with Crippen LogP contribution in [0.15, 0.2) is 35.6 Å². The van der Waals surface area contributed by atoms with Crippen LogP contribution in [0, 0.1) is 5.82 Å². The average molecular weight is 472 g/mol. The number of thiazole rings is 1. The van der Waals surface area contributed by atoms with Crippen molar-refractivity contribution < 1.29 is 13.9 Å². The molecule has 1 amide bonds. The van der Waals surface area contributed by atoms with Gasteiger partial charge in [-0.25, -0.2) is 19.3 Å². The zero-order valence-corrected chi connectivity index (χ0v) is 19.3. The number of aromatic nitrogens is 3. The van der Waals surface area contributed by atoms with Gasteiger partial charge in [-0.3, -0.25) is 4.79 Å². The third-order valence-electron chi connectivity index (χ3n) is 5.69. The SMILES string of the molecule is CSc1nccc(-c2sc(N3C4CCC3COC4)nc2-c2cccc(NC(C)=O)c2F)n1. The highest BCUT2D eigenvalue weighted by Crippen LogP contribution is 2.45. The molecule has 2 saturated heterocycles. The van der Waals surface area contributed by atoms with Crippen LogP contribution in [0.25, 0.3) is 21.8 Å². The Kier molecular flexibility index (Phi) is 5.83. The minimum atomic E-state index is -0.509. The summed E-state index contributed by atoms with van der Waals surface area (Å²) in [6.07, 6.45) is 5.75. The Balaban J connectivity index is 1.66. The molecule has 2 unspecified atom stereocenters. The van der Waals surface area contributed by atoms with Crippen LogP contribution >= 0.6 is 23.1 Å². The van der Waals surface area contributed by atoms with Gasteiger partial charge in [0.15, 0.2) is 16.1 Å². The van der Waals surface area contributed by atoms with E-state index in [1.54, 1.807) is 24.4 Å². The smallest absolute Gasteiger partial charge is 0.221 e. The minimum absolute atomic E-state index is 0.134. The molecule has 1 N–H and O–H groups in total. The van der Waals surface area contributed by atoms with Crippen LogP contribution < -0.4 is 10.2 Å². The number of hydrogen-bond donors (Lipinski definition) is 1. The van der Waals surface area contributed by atoms with Crippen LogP contribution in [0.3, 0.4) is 0 Å². The molecule has 4 heterocycles. The lowest BCUT2D eigenvalue weighted by atomic mass is 10.1. The van der Waals surface area contributed by atoms with Crippen LogP contribution in [-0.2, 0) is 9.53 Å². The maximum absolute atomic E-state index is 15.5. The molecule has 2 aliphatic rings. The van der Waals surface area contributed by atoms with Gasteiger partial charge in [-0.05, 0) is 37.3 Å². The van der Waals surface area contributed by atoms with Crippen molar-refractivity contribution in [1.82, 2.24) is 15.0 Å². The summed E-state index contributed by atoms with van der Waals surface area (Å²) < 4.78 is 21.2. The van der Waals surface area contributed by atoms with Crippen LogP contribution in [0.4, 0.5) is 15.2 Å². The summed E-state index contributed by atoms with van der Waals surface area (Å²) in [5.41, 5.74) is 1.69. The molecular weight excluding hydrogens is 449 g/mol. The predicted octanol–water partition coefficient (Wildman–Crippen LogP) is 4.45. The Labute approximate surface area is 193 Å². The molecule has 10 heteroatoms. The fourth-order valence-corrected chi connectivity index (χ4v) is 5.83. The molecule has 2 fully saturated rings. The first kappa shape index (κ1) is 21.3. The second kappa shape index (κ2) is 8.76. The molecule has 0 spiro atoms. The summed E-state index contributed by atoms with van der Waals surface area (Å²) in [6, 6.07) is 7.34. The summed E-state index contributed by atoms with van der Waals surface area (Å²) in [6.45, 7) is 2.71. The van der Waals surface area contributed by atoms with E-state index in [0.717, 1.165) is 22.9 Å². The van der Waals surface area contributed by atoms with E-state index in [1.165, 1.54) is 30.0 Å². The van der Waals surface area contributed by atoms with E-state index in [1.807, 2.05) is 12.3 Å². The molecule has 1 aromatic carbocycles. The lowest BCUT2D eigenvalue weighted by Gasteiger charge is -2.34. The number of thioether (sulfide) groups is 1. The summed E-state index contributed by atoms with van der Waals surface area (Å²) in [5.74, 6) is -0.838. The molecular formula is C22H22FN5O2S2. The predicted molar refractivity (Wildman–Crippen MR) is 125 cm³/mol. The number of amides is 1. The zero-order valence-electron chi connectivity index (χ0n) is 17.7. The second-order valence-corrected chi connectivity index (χ2v) is 9.53. The fraction of sp³-hybridized carbons (Fsp3) is 0.364. The van der Waals surface area contributed by atoms with E-state index in [-0.39, 0.29) is 23.7 Å². The molecule has 2 aromatic heterocycles. The summed E-state index contributed by atoms with van der Waals surface area (Å²) >= 11 is 2.97. The number of hydrogen-bond acceptors (Lipinski definition) is 8. The Morgan fingerprint density at radius 1 is 1.25 bits per heavy atom. The minimum Gasteiger partial charge on any atom is -0.377 e. The van der Waals surface area contributed by atoms with Gasteiger partial charge in [0.05, 0.1) is 47.2 Å². The Morgan fingerprint density at radius 3 is 2.75 bits per heavy atom. The van der Waals surface area contributed by atoms with Crippen molar-refractivity contribution in [2.75, 3.05) is 29.7 Å². The van der Waals surface area contributed by atoms with E-state index >= 15 is 4.39 Å². The van der Waals surface area contributed by atoms with Gasteiger partial charge in [0, 0.05) is 18.7 Å². The Morgan fingerprint density at radius 2 is 2.03 bits per heavy atom. The van der Waals surface area contributed by atoms with E-state index < -0.39 is 5.82 Å². The van der Waals surface area contributed by atoms with Crippen molar-refractivity contribution in [3.63, 3.8) is 0 Å². The van der Waals surface area contributed by atoms with Crippen LogP contribution in [-0.4, -0.2) is 52.4 Å². The van der Waals surface area contributed by atoms with Gasteiger partial charge >= 0.3 is 0 Å². The highest BCUT2D eigenvalue weighted by atomic mass is 32.2. The lowest BCUT2D eigenvalue weighted by molar-refractivity contribution is -0.114. The first-order valence-electron chi connectivity index (χ1n) is 10.4. The lowest BCUT2D eigenvalue weighted by Crippen LogP contribution is -2.45. The number of morpholine rings is 1. The molecule has 166 valence electrons. The third-order valence-corrected chi connectivity index (χ3v) is 7.34. The molecule has 5 rings (SSSR count). The highest BCUT2D eigenvalue weighted by Gasteiger charge is 2.39. The Hall–Kier alpha value is -2.56. The van der Waals surface area contributed by atoms with Crippen molar-refractivity contribution in [2.24, 2.45) is 0 Å². The largest absolute Gasteiger partial charge is 0.377 e. The van der Waals surface area contributed by atoms with Gasteiger partial charge in [0.1, 0.15) is 0 Å². The van der Waals surface area contributed by atoms with E-state index in [0.29, 0.717) is 35.3 Å². The number of ether oxygens (including phenoxy) is 1. The average Bonchev–Trinajstić information content (AvgIpc) is 3.32. The maximum Gasteiger partial charge on any atom is 0.221 e. The quantitative estimate of drug-likeness (QED) is 0.435. The van der Waals surface area contributed by atoms with Crippen molar-refractivity contribution >= 4 is 39.8 Å². The molecule has 2 aliphatic heterocycles. The molecule has 7 nitrogen and oxygen atoms in total. The first-order chi connectivity index (χ1) is 15.5. The van der Waals surface area contributed by atoms with Crippen LogP contribution in [0.5, 0.6) is 0 Å². The third kappa shape index (κ3) is 3.87. The van der Waals surface area contributed by atoms with Crippen molar-refractivity contribution in [3.8, 4) is 21.8 Å². The van der Waals surface area contributed by atoms with Gasteiger partial charge in [0.2, 0.25) is 5.91 Å². The Bertz CT molecular complexity index is 1150. The van der Waals surface area contributed by atoms with Crippen molar-refractivity contribution in [1.29, 1.82) is 0 Å². The van der Waals surface area contributed by atoms with Gasteiger partial charge in [-0.15, -0.1) is 0 Å². The number of halogens is 1. The van der Waals surface area contributed by atoms with Crippen molar-refractivity contribution in [3.05, 3.63) is 36.3 Å². The number of rotatable bonds is 5. The summed E-state index contributed by atoms with van der Waals surface area (Å²) in [5, 5.41) is 4.05. The number of anilines is 2. The van der Waals surface area contributed by atoms with Crippen LogP contribution in [0.1, 0.15) is 19.8 Å². The standard InChI is InChI=1S/C22H22FN5O2S2/c1-12(29)25-16-5-3-4-15(18(16)23)19-20(17-8-9-24-21(26-17)31-2)32-22(27-19)28-13-6-7-14(28)11-30-10-13/h3-5,8-9,13-14H,6-7,10-11H2,1-2H3,(H,25,29). The second-order valence-electron chi connectivity index (χ2n) is 7.78. The van der Waals surface area contributed by atoms with Gasteiger partial charge in [-0.2, -0.15) is 0 Å². The number of carbonyl (C=O) groups excluding carboxylic acids is 1. The number of benzene rings is 1. The molecule has 2 bridgehead atoms. The number of carbonyl (C=O) groups is 1. The maximum atomic E-state index is 15.5. The summed E-state index contributed by atoms with van der Waals surface area (Å²) in [4.78, 5) is 28.5. The molecule has 0 radical (unpaired) electrons. The number of fused-ring (bicyclic) bond motifs is 2. The number of nitrogens with one attached hydrogen (secondary N) is 1. The normalized spacial score (nSPS) is 19.9. The first-order valence-corrected chi connectivity index (χ1v) is 12.4. The number of nitrogens with zero attached hydrogens (tertiary/aromatic N) is 4. The molecule has 0 saturated carbocycles. The topological polar surface area (TPSA) is 80.2 Å². The van der Waals surface area contributed by atoms with E-state index in [4.69, 9.17) is 9.72 Å². The molecule has 0 aliphatic carbocycles. The van der Waals surface area contributed by atoms with Crippen molar-refractivity contribution in [2.45, 2.75) is 37.0 Å². The monoisotopic (exact) mass is 471 g/mol. The van der Waals surface area contributed by atoms with Gasteiger partial charge in [-0.1, -0.05) is 29.2 Å². The molecule has 32 heavy (non-hydrogen) atoms. The van der Waals surface area contributed by atoms with Gasteiger partial charge < -0.3 is 15.0 Å². The van der Waals surface area contributed by atoms with E-state index in [9.17, 15) is 4.79 Å². The molecule has 3 aromatic rings. The summed E-state index contributed by atoms with van der Waals surface area (Å²) in [7, 11) is 0.